The van der Waals surface area contributed by atoms with Gasteiger partial charge in [0.25, 0.3) is 0 Å². The molecule has 2 nitrogen and oxygen atoms in total. The fraction of sp³-hybridized carbons (Fsp3) is 0.182. The van der Waals surface area contributed by atoms with E-state index in [0.717, 1.165) is 10.4 Å². The summed E-state index contributed by atoms with van der Waals surface area (Å²) in [6.07, 6.45) is 1.73. The second kappa shape index (κ2) is 4.51. The zero-order chi connectivity index (χ0) is 10.7. The summed E-state index contributed by atoms with van der Waals surface area (Å²) in [5, 5.41) is 9.31. The van der Waals surface area contributed by atoms with E-state index in [1.54, 1.807) is 23.8 Å². The molecule has 15 heavy (non-hydrogen) atoms. The van der Waals surface area contributed by atoms with Crippen LogP contribution in [0.5, 0.6) is 0 Å². The molecule has 0 fully saturated rings. The van der Waals surface area contributed by atoms with Crippen LogP contribution in [0.25, 0.3) is 0 Å². The van der Waals surface area contributed by atoms with Crippen LogP contribution in [0, 0.1) is 5.82 Å². The van der Waals surface area contributed by atoms with E-state index in [9.17, 15) is 9.50 Å². The number of aromatic nitrogens is 1. The second-order valence-corrected chi connectivity index (χ2v) is 4.11. The number of aliphatic hydroxyl groups excluding tert-OH is 1. The lowest BCUT2D eigenvalue weighted by Crippen LogP contribution is -2.04. The van der Waals surface area contributed by atoms with Crippen LogP contribution in [0.4, 0.5) is 4.39 Å². The predicted octanol–water partition coefficient (Wildman–Crippen LogP) is 2.41. The van der Waals surface area contributed by atoms with Crippen molar-refractivity contribution in [2.75, 3.05) is 6.61 Å². The van der Waals surface area contributed by atoms with Crippen molar-refractivity contribution in [3.8, 4) is 0 Å². The molecule has 4 heteroatoms. The molecular formula is C11H10FNOS. The lowest BCUT2D eigenvalue weighted by molar-refractivity contribution is 0.282. The Bertz CT molecular complexity index is 413. The van der Waals surface area contributed by atoms with Crippen LogP contribution in [0.15, 0.2) is 36.0 Å². The minimum Gasteiger partial charge on any atom is -0.395 e. The third kappa shape index (κ3) is 2.22. The van der Waals surface area contributed by atoms with Gasteiger partial charge in [0.1, 0.15) is 5.82 Å². The molecule has 1 N–H and O–H groups in total. The molecule has 0 amide bonds. The Hall–Kier alpha value is -1.26. The fourth-order valence-electron chi connectivity index (χ4n) is 1.45. The largest absolute Gasteiger partial charge is 0.395 e. The molecule has 0 aliphatic heterocycles. The van der Waals surface area contributed by atoms with E-state index in [1.807, 2.05) is 0 Å². The molecule has 0 saturated heterocycles. The standard InChI is InChI=1S/C11H10FNOS/c12-9-3-1-8(2-4-9)10(6-14)11-5-13-7-15-11/h1-5,7,10,14H,6H2. The lowest BCUT2D eigenvalue weighted by Gasteiger charge is -2.11. The van der Waals surface area contributed by atoms with Crippen molar-refractivity contribution in [1.82, 2.24) is 4.98 Å². The quantitative estimate of drug-likeness (QED) is 0.866. The normalized spacial score (nSPS) is 12.7. The van der Waals surface area contributed by atoms with Crippen molar-refractivity contribution in [2.24, 2.45) is 0 Å². The Labute approximate surface area is 91.0 Å². The van der Waals surface area contributed by atoms with Gasteiger partial charge in [0.15, 0.2) is 0 Å². The van der Waals surface area contributed by atoms with Gasteiger partial charge in [0, 0.05) is 17.0 Å². The summed E-state index contributed by atoms with van der Waals surface area (Å²) in [6, 6.07) is 6.18. The average Bonchev–Trinajstić information content (AvgIpc) is 2.75. The van der Waals surface area contributed by atoms with Gasteiger partial charge in [-0.1, -0.05) is 12.1 Å². The van der Waals surface area contributed by atoms with E-state index in [0.29, 0.717) is 0 Å². The molecule has 78 valence electrons. The first kappa shape index (κ1) is 10.3. The Morgan fingerprint density at radius 3 is 2.60 bits per heavy atom. The molecule has 2 aromatic rings. The van der Waals surface area contributed by atoms with Crippen molar-refractivity contribution in [3.63, 3.8) is 0 Å². The number of aliphatic hydroxyl groups is 1. The van der Waals surface area contributed by atoms with Gasteiger partial charge in [-0.05, 0) is 17.7 Å². The van der Waals surface area contributed by atoms with Crippen LogP contribution in [-0.2, 0) is 0 Å². The van der Waals surface area contributed by atoms with E-state index in [1.165, 1.54) is 23.5 Å². The fourth-order valence-corrected chi connectivity index (χ4v) is 2.19. The highest BCUT2D eigenvalue weighted by Crippen LogP contribution is 2.26. The summed E-state index contributed by atoms with van der Waals surface area (Å²) < 4.78 is 12.7. The first-order valence-corrected chi connectivity index (χ1v) is 5.44. The summed E-state index contributed by atoms with van der Waals surface area (Å²) in [5.41, 5.74) is 2.63. The van der Waals surface area contributed by atoms with E-state index in [2.05, 4.69) is 4.98 Å². The molecular weight excluding hydrogens is 213 g/mol. The molecule has 0 aliphatic rings. The number of hydrogen-bond donors (Lipinski definition) is 1. The van der Waals surface area contributed by atoms with Crippen LogP contribution in [0.1, 0.15) is 16.4 Å². The Morgan fingerprint density at radius 2 is 2.07 bits per heavy atom. The summed E-state index contributed by atoms with van der Waals surface area (Å²) >= 11 is 1.49. The minimum absolute atomic E-state index is 0.00776. The van der Waals surface area contributed by atoms with Gasteiger partial charge >= 0.3 is 0 Å². The molecule has 0 spiro atoms. The predicted molar refractivity (Wildman–Crippen MR) is 57.4 cm³/mol. The van der Waals surface area contributed by atoms with Crippen molar-refractivity contribution in [2.45, 2.75) is 5.92 Å². The third-order valence-electron chi connectivity index (χ3n) is 2.25. The molecule has 0 saturated carbocycles. The van der Waals surface area contributed by atoms with Crippen LogP contribution in [-0.4, -0.2) is 16.7 Å². The van der Waals surface area contributed by atoms with Gasteiger partial charge in [-0.15, -0.1) is 11.3 Å². The monoisotopic (exact) mass is 223 g/mol. The summed E-state index contributed by atoms with van der Waals surface area (Å²) in [7, 11) is 0. The van der Waals surface area contributed by atoms with E-state index >= 15 is 0 Å². The molecule has 1 aromatic carbocycles. The van der Waals surface area contributed by atoms with Crippen molar-refractivity contribution in [3.05, 3.63) is 52.2 Å². The molecule has 1 unspecified atom stereocenters. The lowest BCUT2D eigenvalue weighted by atomic mass is 9.99. The Balaban J connectivity index is 2.31. The first-order valence-electron chi connectivity index (χ1n) is 4.56. The van der Waals surface area contributed by atoms with Crippen molar-refractivity contribution in [1.29, 1.82) is 0 Å². The van der Waals surface area contributed by atoms with Gasteiger partial charge in [-0.2, -0.15) is 0 Å². The highest BCUT2D eigenvalue weighted by Gasteiger charge is 2.14. The van der Waals surface area contributed by atoms with Gasteiger partial charge in [0.05, 0.1) is 12.1 Å². The van der Waals surface area contributed by atoms with Crippen LogP contribution in [0.3, 0.4) is 0 Å². The summed E-state index contributed by atoms with van der Waals surface area (Å²) in [4.78, 5) is 4.96. The van der Waals surface area contributed by atoms with E-state index in [-0.39, 0.29) is 18.3 Å². The summed E-state index contributed by atoms with van der Waals surface area (Å²) in [5.74, 6) is -0.363. The topological polar surface area (TPSA) is 33.1 Å². The highest BCUT2D eigenvalue weighted by molar-refractivity contribution is 7.09. The maximum Gasteiger partial charge on any atom is 0.123 e. The first-order chi connectivity index (χ1) is 7.31. The van der Waals surface area contributed by atoms with Crippen molar-refractivity contribution < 1.29 is 9.50 Å². The van der Waals surface area contributed by atoms with E-state index < -0.39 is 0 Å². The Morgan fingerprint density at radius 1 is 1.33 bits per heavy atom. The van der Waals surface area contributed by atoms with Crippen LogP contribution < -0.4 is 0 Å². The maximum atomic E-state index is 12.7. The molecule has 0 radical (unpaired) electrons. The molecule has 1 atom stereocenters. The van der Waals surface area contributed by atoms with Gasteiger partial charge in [-0.25, -0.2) is 4.39 Å². The number of hydrogen-bond acceptors (Lipinski definition) is 3. The molecule has 2 rings (SSSR count). The van der Waals surface area contributed by atoms with E-state index in [4.69, 9.17) is 0 Å². The summed E-state index contributed by atoms with van der Waals surface area (Å²) in [6.45, 7) is 0.00776. The number of thiazole rings is 1. The zero-order valence-electron chi connectivity index (χ0n) is 7.93. The maximum absolute atomic E-state index is 12.7. The number of benzene rings is 1. The second-order valence-electron chi connectivity index (χ2n) is 3.19. The smallest absolute Gasteiger partial charge is 0.123 e. The van der Waals surface area contributed by atoms with Gasteiger partial charge in [-0.3, -0.25) is 4.98 Å². The number of nitrogens with zero attached hydrogens (tertiary/aromatic N) is 1. The number of rotatable bonds is 3. The molecule has 1 aromatic heterocycles. The zero-order valence-corrected chi connectivity index (χ0v) is 8.75. The molecule has 0 bridgehead atoms. The van der Waals surface area contributed by atoms with Gasteiger partial charge < -0.3 is 5.11 Å². The molecule has 1 heterocycles. The number of halogens is 1. The third-order valence-corrected chi connectivity index (χ3v) is 3.14. The minimum atomic E-state index is -0.264. The van der Waals surface area contributed by atoms with Gasteiger partial charge in [0.2, 0.25) is 0 Å². The highest BCUT2D eigenvalue weighted by atomic mass is 32.1. The average molecular weight is 223 g/mol. The van der Waals surface area contributed by atoms with Crippen LogP contribution in [0.2, 0.25) is 0 Å². The van der Waals surface area contributed by atoms with Crippen LogP contribution >= 0.6 is 11.3 Å². The SMILES string of the molecule is OCC(c1ccc(F)cc1)c1cncs1. The van der Waals surface area contributed by atoms with Crippen molar-refractivity contribution >= 4 is 11.3 Å². The molecule has 0 aliphatic carbocycles. The Kier molecular flexibility index (Phi) is 3.08.